The molecule has 0 bridgehead atoms. The van der Waals surface area contributed by atoms with Crippen LogP contribution < -0.4 is 0 Å². The second-order valence-corrected chi connectivity index (χ2v) is 4.28. The van der Waals surface area contributed by atoms with E-state index in [4.69, 9.17) is 4.55 Å². The quantitative estimate of drug-likeness (QED) is 0.607. The summed E-state index contributed by atoms with van der Waals surface area (Å²) in [6.45, 7) is 1.83. The van der Waals surface area contributed by atoms with E-state index in [0.717, 1.165) is 0 Å². The lowest BCUT2D eigenvalue weighted by molar-refractivity contribution is 0.489. The molecule has 0 aromatic heterocycles. The van der Waals surface area contributed by atoms with Gasteiger partial charge in [-0.3, -0.25) is 4.55 Å². The van der Waals surface area contributed by atoms with Gasteiger partial charge in [0.2, 0.25) is 0 Å². The first-order valence-corrected chi connectivity index (χ1v) is 4.85. The van der Waals surface area contributed by atoms with Crippen LogP contribution in [0.1, 0.15) is 6.92 Å². The van der Waals surface area contributed by atoms with Crippen molar-refractivity contribution < 1.29 is 13.0 Å². The first-order chi connectivity index (χ1) is 3.56. The molecule has 0 saturated heterocycles. The maximum atomic E-state index is 9.92. The third kappa shape index (κ3) is 6.26. The lowest BCUT2D eigenvalue weighted by atomic mass is 11.0. The summed E-state index contributed by atoms with van der Waals surface area (Å²) in [6.07, 6.45) is 0. The van der Waals surface area contributed by atoms with Crippen molar-refractivity contribution in [2.24, 2.45) is 0 Å². The molecule has 0 aliphatic rings. The Morgan fingerprint density at radius 2 is 2.12 bits per heavy atom. The Labute approximate surface area is 53.2 Å². The van der Waals surface area contributed by atoms with E-state index >= 15 is 0 Å². The predicted molar refractivity (Wildman–Crippen MR) is 34.5 cm³/mol. The van der Waals surface area contributed by atoms with Gasteiger partial charge in [-0.05, 0) is 5.75 Å². The highest BCUT2D eigenvalue weighted by Crippen LogP contribution is 2.00. The van der Waals surface area contributed by atoms with E-state index in [1.54, 1.807) is 0 Å². The zero-order chi connectivity index (χ0) is 6.62. The predicted octanol–water partition coefficient (Wildman–Crippen LogP) is 0.585. The molecule has 0 aromatic carbocycles. The van der Waals surface area contributed by atoms with Gasteiger partial charge >= 0.3 is 0 Å². The van der Waals surface area contributed by atoms with Crippen LogP contribution in [-0.2, 0) is 10.1 Å². The molecule has 0 aliphatic heterocycles. The van der Waals surface area contributed by atoms with Crippen molar-refractivity contribution in [3.63, 3.8) is 0 Å². The summed E-state index contributed by atoms with van der Waals surface area (Å²) in [5.41, 5.74) is 0. The van der Waals surface area contributed by atoms with Gasteiger partial charge in [-0.15, -0.1) is 11.8 Å². The van der Waals surface area contributed by atoms with Crippen LogP contribution in [0.3, 0.4) is 0 Å². The van der Waals surface area contributed by atoms with Gasteiger partial charge in [0.25, 0.3) is 10.1 Å². The molecule has 8 heavy (non-hydrogen) atoms. The molecule has 0 saturated carbocycles. The zero-order valence-electron chi connectivity index (χ0n) is 4.49. The van der Waals surface area contributed by atoms with E-state index in [9.17, 15) is 8.42 Å². The smallest absolute Gasteiger partial charge is 0.274 e. The minimum atomic E-state index is -3.72. The Bertz CT molecular complexity index is 137. The largest absolute Gasteiger partial charge is 0.285 e. The lowest BCUT2D eigenvalue weighted by Crippen LogP contribution is -1.99. The molecule has 5 heteroatoms. The normalized spacial score (nSPS) is 11.8. The molecule has 3 nitrogen and oxygen atoms in total. The van der Waals surface area contributed by atoms with Crippen molar-refractivity contribution in [3.05, 3.63) is 0 Å². The van der Waals surface area contributed by atoms with Crippen LogP contribution >= 0.6 is 11.8 Å². The van der Waals surface area contributed by atoms with Gasteiger partial charge in [-0.25, -0.2) is 0 Å². The molecular formula is C3H8O3S2. The van der Waals surface area contributed by atoms with Crippen molar-refractivity contribution in [3.8, 4) is 0 Å². The molecule has 50 valence electrons. The van der Waals surface area contributed by atoms with Crippen LogP contribution in [0.5, 0.6) is 0 Å². The van der Waals surface area contributed by atoms with Gasteiger partial charge in [0.1, 0.15) is 5.08 Å². The van der Waals surface area contributed by atoms with Gasteiger partial charge in [0.05, 0.1) is 0 Å². The average molecular weight is 156 g/mol. The van der Waals surface area contributed by atoms with Crippen molar-refractivity contribution in [2.75, 3.05) is 10.8 Å². The Hall–Kier alpha value is 0.260. The van der Waals surface area contributed by atoms with Crippen LogP contribution in [0.2, 0.25) is 0 Å². The van der Waals surface area contributed by atoms with E-state index in [2.05, 4.69) is 0 Å². The number of rotatable bonds is 3. The van der Waals surface area contributed by atoms with Crippen molar-refractivity contribution in [1.82, 2.24) is 0 Å². The molecular weight excluding hydrogens is 148 g/mol. The molecule has 0 fully saturated rings. The van der Waals surface area contributed by atoms with Gasteiger partial charge < -0.3 is 0 Å². The molecule has 0 aliphatic carbocycles. The highest BCUT2D eigenvalue weighted by molar-refractivity contribution is 8.10. The van der Waals surface area contributed by atoms with E-state index in [1.807, 2.05) is 6.92 Å². The summed E-state index contributed by atoms with van der Waals surface area (Å²) in [4.78, 5) is 0. The Balaban J connectivity index is 3.42. The fourth-order valence-electron chi connectivity index (χ4n) is 0.189. The fraction of sp³-hybridized carbons (Fsp3) is 1.00. The molecule has 0 radical (unpaired) electrons. The first-order valence-electron chi connectivity index (χ1n) is 2.09. The summed E-state index contributed by atoms with van der Waals surface area (Å²) < 4.78 is 27.9. The summed E-state index contributed by atoms with van der Waals surface area (Å²) in [5.74, 6) is 0.708. The molecule has 1 N–H and O–H groups in total. The molecule has 0 rings (SSSR count). The average Bonchev–Trinajstić information content (AvgIpc) is 1.59. The van der Waals surface area contributed by atoms with Crippen LogP contribution in [0.4, 0.5) is 0 Å². The number of hydrogen-bond donors (Lipinski definition) is 1. The molecule has 0 aromatic rings. The molecule has 0 unspecified atom stereocenters. The summed E-state index contributed by atoms with van der Waals surface area (Å²) in [6, 6.07) is 0. The molecule has 0 spiro atoms. The second-order valence-electron chi connectivity index (χ2n) is 1.19. The number of thioether (sulfide) groups is 1. The van der Waals surface area contributed by atoms with Crippen LogP contribution in [0.15, 0.2) is 0 Å². The fourth-order valence-corrected chi connectivity index (χ4v) is 1.70. The maximum absolute atomic E-state index is 9.92. The SMILES string of the molecule is CCSCS(=O)(=O)O. The third-order valence-corrected chi connectivity index (χ3v) is 2.70. The number of hydrogen-bond acceptors (Lipinski definition) is 3. The summed E-state index contributed by atoms with van der Waals surface area (Å²) in [5, 5.41) is -0.191. The third-order valence-electron chi connectivity index (χ3n) is 0.436. The minimum Gasteiger partial charge on any atom is -0.285 e. The summed E-state index contributed by atoms with van der Waals surface area (Å²) in [7, 11) is -3.72. The monoisotopic (exact) mass is 156 g/mol. The topological polar surface area (TPSA) is 54.4 Å². The first kappa shape index (κ1) is 8.26. The van der Waals surface area contributed by atoms with Crippen molar-refractivity contribution in [2.45, 2.75) is 6.92 Å². The van der Waals surface area contributed by atoms with Crippen LogP contribution in [0.25, 0.3) is 0 Å². The van der Waals surface area contributed by atoms with Crippen LogP contribution in [0, 0.1) is 0 Å². The minimum absolute atomic E-state index is 0.191. The highest BCUT2D eigenvalue weighted by Gasteiger charge is 2.00. The second kappa shape index (κ2) is 3.32. The van der Waals surface area contributed by atoms with E-state index < -0.39 is 10.1 Å². The Kier molecular flexibility index (Phi) is 3.43. The highest BCUT2D eigenvalue weighted by atomic mass is 32.3. The zero-order valence-corrected chi connectivity index (χ0v) is 6.13. The Morgan fingerprint density at radius 3 is 2.25 bits per heavy atom. The van der Waals surface area contributed by atoms with E-state index in [0.29, 0.717) is 5.75 Å². The van der Waals surface area contributed by atoms with Gasteiger partial charge in [0, 0.05) is 0 Å². The van der Waals surface area contributed by atoms with Crippen molar-refractivity contribution >= 4 is 21.9 Å². The summed E-state index contributed by atoms with van der Waals surface area (Å²) >= 11 is 1.18. The maximum Gasteiger partial charge on any atom is 0.274 e. The lowest BCUT2D eigenvalue weighted by Gasteiger charge is -1.90. The molecule has 0 heterocycles. The Morgan fingerprint density at radius 1 is 1.62 bits per heavy atom. The van der Waals surface area contributed by atoms with Crippen molar-refractivity contribution in [1.29, 1.82) is 0 Å². The van der Waals surface area contributed by atoms with Gasteiger partial charge in [0.15, 0.2) is 0 Å². The molecule has 0 amide bonds. The van der Waals surface area contributed by atoms with E-state index in [1.165, 1.54) is 11.8 Å². The molecule has 0 atom stereocenters. The standard InChI is InChI=1S/C3H8O3S2/c1-2-7-3-8(4,5)6/h2-3H2,1H3,(H,4,5,6). The van der Waals surface area contributed by atoms with E-state index in [-0.39, 0.29) is 5.08 Å². The van der Waals surface area contributed by atoms with Gasteiger partial charge in [-0.1, -0.05) is 6.92 Å². The van der Waals surface area contributed by atoms with Gasteiger partial charge in [-0.2, -0.15) is 8.42 Å². The van der Waals surface area contributed by atoms with Crippen LogP contribution in [-0.4, -0.2) is 23.8 Å².